The van der Waals surface area contributed by atoms with Gasteiger partial charge in [-0.3, -0.25) is 4.79 Å². The molecule has 24 heavy (non-hydrogen) atoms. The van der Waals surface area contributed by atoms with Crippen molar-refractivity contribution in [3.63, 3.8) is 0 Å². The molecular formula is C20H41NO3. The van der Waals surface area contributed by atoms with Crippen molar-refractivity contribution in [1.82, 2.24) is 4.90 Å². The molecule has 0 aliphatic rings. The van der Waals surface area contributed by atoms with E-state index in [-0.39, 0.29) is 12.6 Å². The zero-order chi connectivity index (χ0) is 17.9. The molecule has 0 atom stereocenters. The Hall–Kier alpha value is -0.610. The SMILES string of the molecule is CCCCCCCN(CCO)CCCCCC(=O)OCCCCC. The molecule has 144 valence electrons. The largest absolute Gasteiger partial charge is 0.466 e. The Morgan fingerprint density at radius 3 is 2.00 bits per heavy atom. The molecule has 1 N–H and O–H groups in total. The van der Waals surface area contributed by atoms with E-state index in [9.17, 15) is 9.90 Å². The summed E-state index contributed by atoms with van der Waals surface area (Å²) in [4.78, 5) is 13.9. The van der Waals surface area contributed by atoms with E-state index in [1.807, 2.05) is 0 Å². The fraction of sp³-hybridized carbons (Fsp3) is 0.950. The van der Waals surface area contributed by atoms with E-state index in [1.54, 1.807) is 0 Å². The molecule has 0 heterocycles. The summed E-state index contributed by atoms with van der Waals surface area (Å²) in [6.07, 6.45) is 13.3. The van der Waals surface area contributed by atoms with E-state index in [0.29, 0.717) is 13.0 Å². The summed E-state index contributed by atoms with van der Waals surface area (Å²) in [7, 11) is 0. The van der Waals surface area contributed by atoms with Crippen LogP contribution in [0, 0.1) is 0 Å². The number of hydrogen-bond acceptors (Lipinski definition) is 4. The normalized spacial score (nSPS) is 11.2. The molecule has 0 amide bonds. The maximum absolute atomic E-state index is 11.6. The molecule has 0 aromatic heterocycles. The molecule has 0 unspecified atom stereocenters. The van der Waals surface area contributed by atoms with Gasteiger partial charge < -0.3 is 14.7 Å². The lowest BCUT2D eigenvalue weighted by Crippen LogP contribution is -2.29. The van der Waals surface area contributed by atoms with Crippen molar-refractivity contribution in [1.29, 1.82) is 0 Å². The van der Waals surface area contributed by atoms with E-state index < -0.39 is 0 Å². The van der Waals surface area contributed by atoms with Crippen LogP contribution in [0.25, 0.3) is 0 Å². The van der Waals surface area contributed by atoms with E-state index in [4.69, 9.17) is 4.74 Å². The number of carbonyl (C=O) groups excluding carboxylic acids is 1. The van der Waals surface area contributed by atoms with Crippen LogP contribution in [0.5, 0.6) is 0 Å². The van der Waals surface area contributed by atoms with Crippen LogP contribution in [0.3, 0.4) is 0 Å². The predicted octanol–water partition coefficient (Wildman–Crippen LogP) is 4.54. The zero-order valence-electron chi connectivity index (χ0n) is 16.2. The van der Waals surface area contributed by atoms with E-state index in [0.717, 1.165) is 58.2 Å². The predicted molar refractivity (Wildman–Crippen MR) is 101 cm³/mol. The number of esters is 1. The number of unbranched alkanes of at least 4 members (excludes halogenated alkanes) is 8. The van der Waals surface area contributed by atoms with Gasteiger partial charge in [0.05, 0.1) is 13.2 Å². The molecular weight excluding hydrogens is 302 g/mol. The molecule has 4 nitrogen and oxygen atoms in total. The second-order valence-corrected chi connectivity index (χ2v) is 6.72. The number of nitrogens with zero attached hydrogens (tertiary/aromatic N) is 1. The molecule has 0 fully saturated rings. The summed E-state index contributed by atoms with van der Waals surface area (Å²) < 4.78 is 5.21. The summed E-state index contributed by atoms with van der Waals surface area (Å²) in [5.74, 6) is -0.0470. The van der Waals surface area contributed by atoms with Crippen molar-refractivity contribution in [3.8, 4) is 0 Å². The minimum atomic E-state index is -0.0470. The third-order valence-corrected chi connectivity index (χ3v) is 4.36. The second kappa shape index (κ2) is 18.7. The van der Waals surface area contributed by atoms with Crippen LogP contribution in [-0.2, 0) is 9.53 Å². The first-order valence-electron chi connectivity index (χ1n) is 10.2. The van der Waals surface area contributed by atoms with Crippen LogP contribution in [-0.4, -0.2) is 48.8 Å². The van der Waals surface area contributed by atoms with Crippen molar-refractivity contribution in [2.24, 2.45) is 0 Å². The maximum atomic E-state index is 11.6. The van der Waals surface area contributed by atoms with Crippen LogP contribution in [0.2, 0.25) is 0 Å². The monoisotopic (exact) mass is 343 g/mol. The number of hydrogen-bond donors (Lipinski definition) is 1. The number of aliphatic hydroxyl groups is 1. The molecule has 0 bridgehead atoms. The molecule has 0 aromatic carbocycles. The fourth-order valence-corrected chi connectivity index (χ4v) is 2.81. The molecule has 0 rings (SSSR count). The third kappa shape index (κ3) is 16.3. The Labute approximate surface area is 150 Å². The number of ether oxygens (including phenoxy) is 1. The highest BCUT2D eigenvalue weighted by atomic mass is 16.5. The zero-order valence-corrected chi connectivity index (χ0v) is 16.2. The molecule has 4 heteroatoms. The highest BCUT2D eigenvalue weighted by Crippen LogP contribution is 2.07. The maximum Gasteiger partial charge on any atom is 0.305 e. The van der Waals surface area contributed by atoms with Crippen molar-refractivity contribution < 1.29 is 14.6 Å². The average molecular weight is 344 g/mol. The number of aliphatic hydroxyl groups excluding tert-OH is 1. The van der Waals surface area contributed by atoms with Crippen LogP contribution < -0.4 is 0 Å². The Morgan fingerprint density at radius 2 is 1.38 bits per heavy atom. The van der Waals surface area contributed by atoms with E-state index >= 15 is 0 Å². The van der Waals surface area contributed by atoms with Gasteiger partial charge in [0.2, 0.25) is 0 Å². The van der Waals surface area contributed by atoms with Crippen molar-refractivity contribution >= 4 is 5.97 Å². The smallest absolute Gasteiger partial charge is 0.305 e. The van der Waals surface area contributed by atoms with Gasteiger partial charge in [0.25, 0.3) is 0 Å². The van der Waals surface area contributed by atoms with Gasteiger partial charge in [-0.25, -0.2) is 0 Å². The summed E-state index contributed by atoms with van der Waals surface area (Å²) >= 11 is 0. The quantitative estimate of drug-likeness (QED) is 0.293. The van der Waals surface area contributed by atoms with E-state index in [2.05, 4.69) is 18.7 Å². The molecule has 0 saturated heterocycles. The minimum absolute atomic E-state index is 0.0470. The summed E-state index contributed by atoms with van der Waals surface area (Å²) in [5, 5.41) is 9.17. The Morgan fingerprint density at radius 1 is 0.792 bits per heavy atom. The van der Waals surface area contributed by atoms with Gasteiger partial charge in [-0.2, -0.15) is 0 Å². The first-order valence-corrected chi connectivity index (χ1v) is 10.2. The van der Waals surface area contributed by atoms with Crippen LogP contribution >= 0.6 is 0 Å². The topological polar surface area (TPSA) is 49.8 Å². The van der Waals surface area contributed by atoms with Gasteiger partial charge in [-0.15, -0.1) is 0 Å². The lowest BCUT2D eigenvalue weighted by molar-refractivity contribution is -0.143. The van der Waals surface area contributed by atoms with Crippen LogP contribution in [0.1, 0.15) is 90.9 Å². The molecule has 0 aromatic rings. The Kier molecular flexibility index (Phi) is 18.2. The summed E-state index contributed by atoms with van der Waals surface area (Å²) in [6, 6.07) is 0. The molecule has 0 radical (unpaired) electrons. The average Bonchev–Trinajstić information content (AvgIpc) is 2.58. The van der Waals surface area contributed by atoms with Gasteiger partial charge in [-0.1, -0.05) is 58.8 Å². The molecule has 0 aliphatic carbocycles. The lowest BCUT2D eigenvalue weighted by atomic mass is 10.1. The minimum Gasteiger partial charge on any atom is -0.466 e. The van der Waals surface area contributed by atoms with Crippen molar-refractivity contribution in [3.05, 3.63) is 0 Å². The van der Waals surface area contributed by atoms with Crippen molar-refractivity contribution in [2.45, 2.75) is 90.9 Å². The molecule has 0 aliphatic heterocycles. The Bertz CT molecular complexity index is 272. The Balaban J connectivity index is 3.56. The van der Waals surface area contributed by atoms with Gasteiger partial charge in [-0.05, 0) is 38.8 Å². The second-order valence-electron chi connectivity index (χ2n) is 6.72. The van der Waals surface area contributed by atoms with Gasteiger partial charge in [0.15, 0.2) is 0 Å². The van der Waals surface area contributed by atoms with Crippen LogP contribution in [0.15, 0.2) is 0 Å². The fourth-order valence-electron chi connectivity index (χ4n) is 2.81. The number of rotatable bonds is 18. The highest BCUT2D eigenvalue weighted by molar-refractivity contribution is 5.69. The lowest BCUT2D eigenvalue weighted by Gasteiger charge is -2.21. The van der Waals surface area contributed by atoms with Crippen LogP contribution in [0.4, 0.5) is 0 Å². The first-order chi connectivity index (χ1) is 11.7. The summed E-state index contributed by atoms with van der Waals surface area (Å²) in [5.41, 5.74) is 0. The van der Waals surface area contributed by atoms with Gasteiger partial charge >= 0.3 is 5.97 Å². The number of carbonyl (C=O) groups is 1. The first kappa shape index (κ1) is 23.4. The standard InChI is InChI=1S/C20H41NO3/c1-3-5-7-8-11-15-21(17-18-22)16-12-9-10-14-20(23)24-19-13-6-4-2/h22H,3-19H2,1-2H3. The van der Waals surface area contributed by atoms with E-state index in [1.165, 1.54) is 32.1 Å². The summed E-state index contributed by atoms with van der Waals surface area (Å²) in [6.45, 7) is 8.08. The van der Waals surface area contributed by atoms with Crippen molar-refractivity contribution in [2.75, 3.05) is 32.8 Å². The molecule has 0 spiro atoms. The molecule has 0 saturated carbocycles. The van der Waals surface area contributed by atoms with Gasteiger partial charge in [0.1, 0.15) is 0 Å². The third-order valence-electron chi connectivity index (χ3n) is 4.36. The highest BCUT2D eigenvalue weighted by Gasteiger charge is 2.05. The van der Waals surface area contributed by atoms with Gasteiger partial charge in [0, 0.05) is 13.0 Å².